The van der Waals surface area contributed by atoms with Gasteiger partial charge in [0.1, 0.15) is 6.10 Å². The number of aliphatic carboxylic acids is 1. The molecule has 2 unspecified atom stereocenters. The number of methoxy groups -OCH3 is 1. The lowest BCUT2D eigenvalue weighted by Crippen LogP contribution is -2.36. The molecule has 0 amide bonds. The van der Waals surface area contributed by atoms with E-state index in [9.17, 15) is 9.59 Å². The number of unbranched alkanes of at least 4 members (excludes halogenated alkanes) is 3. The molecule has 17 heavy (non-hydrogen) atoms. The molecular weight excluding hydrogens is 224 g/mol. The first-order valence-corrected chi connectivity index (χ1v) is 5.98. The van der Waals surface area contributed by atoms with E-state index in [1.54, 1.807) is 0 Å². The summed E-state index contributed by atoms with van der Waals surface area (Å²) in [6.45, 7) is 3.61. The van der Waals surface area contributed by atoms with E-state index in [0.29, 0.717) is 6.42 Å². The highest BCUT2D eigenvalue weighted by Gasteiger charge is 2.27. The first-order valence-electron chi connectivity index (χ1n) is 5.98. The number of carbonyl (C=O) groups excluding carboxylic acids is 1. The Morgan fingerprint density at radius 2 is 1.88 bits per heavy atom. The molecule has 0 aromatic rings. The van der Waals surface area contributed by atoms with Gasteiger partial charge in [-0.05, 0) is 13.3 Å². The van der Waals surface area contributed by atoms with E-state index in [1.807, 2.05) is 0 Å². The number of carboxylic acid groups (broad SMARTS) is 1. The lowest BCUT2D eigenvalue weighted by Gasteiger charge is -2.19. The van der Waals surface area contributed by atoms with Gasteiger partial charge in [0.25, 0.3) is 0 Å². The number of ether oxygens (including phenoxy) is 2. The predicted molar refractivity (Wildman–Crippen MR) is 62.7 cm³/mol. The van der Waals surface area contributed by atoms with Crippen molar-refractivity contribution in [2.24, 2.45) is 0 Å². The molecule has 0 rings (SSSR count). The van der Waals surface area contributed by atoms with Gasteiger partial charge in [-0.2, -0.15) is 0 Å². The molecule has 0 saturated carbocycles. The zero-order chi connectivity index (χ0) is 13.3. The molecule has 0 aromatic carbocycles. The summed E-state index contributed by atoms with van der Waals surface area (Å²) < 4.78 is 9.74. The molecule has 100 valence electrons. The summed E-state index contributed by atoms with van der Waals surface area (Å²) in [6.07, 6.45) is 2.44. The summed E-state index contributed by atoms with van der Waals surface area (Å²) in [5.74, 6) is -1.49. The zero-order valence-corrected chi connectivity index (χ0v) is 10.8. The predicted octanol–water partition coefficient (Wildman–Crippen LogP) is 1.99. The average molecular weight is 246 g/mol. The Bertz CT molecular complexity index is 239. The number of hydrogen-bond acceptors (Lipinski definition) is 4. The smallest absolute Gasteiger partial charge is 0.336 e. The molecule has 0 spiro atoms. The van der Waals surface area contributed by atoms with E-state index >= 15 is 0 Å². The highest BCUT2D eigenvalue weighted by atomic mass is 16.6. The lowest BCUT2D eigenvalue weighted by atomic mass is 10.1. The van der Waals surface area contributed by atoms with Crippen LogP contribution in [0.2, 0.25) is 0 Å². The van der Waals surface area contributed by atoms with Crippen molar-refractivity contribution in [1.29, 1.82) is 0 Å². The molecule has 0 aliphatic carbocycles. The average Bonchev–Trinajstić information content (AvgIpc) is 2.24. The molecule has 0 aliphatic heterocycles. The topological polar surface area (TPSA) is 72.8 Å². The summed E-state index contributed by atoms with van der Waals surface area (Å²) >= 11 is 0. The van der Waals surface area contributed by atoms with Gasteiger partial charge in [-0.3, -0.25) is 4.79 Å². The summed E-state index contributed by atoms with van der Waals surface area (Å²) in [4.78, 5) is 22.1. The molecule has 0 aliphatic rings. The molecular formula is C12H22O5. The Labute approximate surface area is 102 Å². The van der Waals surface area contributed by atoms with Crippen molar-refractivity contribution in [3.63, 3.8) is 0 Å². The number of rotatable bonds is 9. The van der Waals surface area contributed by atoms with Crippen LogP contribution in [0.25, 0.3) is 0 Å². The Morgan fingerprint density at radius 3 is 2.35 bits per heavy atom. The fourth-order valence-corrected chi connectivity index (χ4v) is 1.52. The van der Waals surface area contributed by atoms with Crippen LogP contribution in [0.3, 0.4) is 0 Å². The van der Waals surface area contributed by atoms with Gasteiger partial charge < -0.3 is 14.6 Å². The van der Waals surface area contributed by atoms with Crippen molar-refractivity contribution < 1.29 is 24.2 Å². The SMILES string of the molecule is CCCCCCC(=O)OC(C)C(OC)C(=O)O. The standard InChI is InChI=1S/C12H22O5/c1-4-5-6-7-8-10(13)17-9(2)11(16-3)12(14)15/h9,11H,4-8H2,1-3H3,(H,14,15). The minimum atomic E-state index is -1.13. The van der Waals surface area contributed by atoms with Gasteiger partial charge in [0, 0.05) is 13.5 Å². The van der Waals surface area contributed by atoms with Crippen LogP contribution in [0.5, 0.6) is 0 Å². The molecule has 0 bridgehead atoms. The van der Waals surface area contributed by atoms with Crippen molar-refractivity contribution in [2.75, 3.05) is 7.11 Å². The second kappa shape index (κ2) is 8.98. The van der Waals surface area contributed by atoms with Crippen molar-refractivity contribution >= 4 is 11.9 Å². The lowest BCUT2D eigenvalue weighted by molar-refractivity contribution is -0.166. The third-order valence-corrected chi connectivity index (χ3v) is 2.48. The van der Waals surface area contributed by atoms with E-state index in [4.69, 9.17) is 14.6 Å². The van der Waals surface area contributed by atoms with E-state index in [0.717, 1.165) is 25.7 Å². The van der Waals surface area contributed by atoms with Crippen molar-refractivity contribution in [3.8, 4) is 0 Å². The van der Waals surface area contributed by atoms with E-state index in [-0.39, 0.29) is 5.97 Å². The van der Waals surface area contributed by atoms with E-state index < -0.39 is 18.2 Å². The van der Waals surface area contributed by atoms with Crippen LogP contribution in [0, 0.1) is 0 Å². The highest BCUT2D eigenvalue weighted by molar-refractivity contribution is 5.74. The third kappa shape index (κ3) is 6.94. The summed E-state index contributed by atoms with van der Waals surface area (Å²) in [6, 6.07) is 0. The minimum absolute atomic E-state index is 0.334. The first-order chi connectivity index (χ1) is 8.02. The number of hydrogen-bond donors (Lipinski definition) is 1. The molecule has 1 N–H and O–H groups in total. The molecule has 0 heterocycles. The molecule has 0 fully saturated rings. The molecule has 5 nitrogen and oxygen atoms in total. The Balaban J connectivity index is 3.89. The summed E-state index contributed by atoms with van der Waals surface area (Å²) in [7, 11) is 1.28. The van der Waals surface area contributed by atoms with Crippen LogP contribution >= 0.6 is 0 Å². The number of carbonyl (C=O) groups is 2. The van der Waals surface area contributed by atoms with Gasteiger partial charge in [-0.1, -0.05) is 26.2 Å². The maximum absolute atomic E-state index is 11.4. The summed E-state index contributed by atoms with van der Waals surface area (Å²) in [5.41, 5.74) is 0. The molecule has 0 saturated heterocycles. The molecule has 0 aromatic heterocycles. The van der Waals surface area contributed by atoms with Crippen molar-refractivity contribution in [1.82, 2.24) is 0 Å². The fraction of sp³-hybridized carbons (Fsp3) is 0.833. The van der Waals surface area contributed by atoms with Gasteiger partial charge in [0.2, 0.25) is 0 Å². The van der Waals surface area contributed by atoms with Crippen LogP contribution < -0.4 is 0 Å². The Kier molecular flexibility index (Phi) is 8.40. The van der Waals surface area contributed by atoms with Gasteiger partial charge in [0.15, 0.2) is 6.10 Å². The van der Waals surface area contributed by atoms with Crippen LogP contribution in [-0.4, -0.2) is 36.4 Å². The third-order valence-electron chi connectivity index (χ3n) is 2.48. The van der Waals surface area contributed by atoms with Crippen LogP contribution in [0.1, 0.15) is 46.0 Å². The van der Waals surface area contributed by atoms with E-state index in [2.05, 4.69) is 6.92 Å². The van der Waals surface area contributed by atoms with Crippen LogP contribution in [0.4, 0.5) is 0 Å². The largest absolute Gasteiger partial charge is 0.479 e. The van der Waals surface area contributed by atoms with Gasteiger partial charge in [-0.25, -0.2) is 4.79 Å². The molecule has 0 radical (unpaired) electrons. The van der Waals surface area contributed by atoms with Crippen molar-refractivity contribution in [2.45, 2.75) is 58.2 Å². The monoisotopic (exact) mass is 246 g/mol. The van der Waals surface area contributed by atoms with Gasteiger partial charge >= 0.3 is 11.9 Å². The molecule has 5 heteroatoms. The zero-order valence-electron chi connectivity index (χ0n) is 10.8. The van der Waals surface area contributed by atoms with Crippen LogP contribution in [-0.2, 0) is 19.1 Å². The maximum atomic E-state index is 11.4. The highest BCUT2D eigenvalue weighted by Crippen LogP contribution is 2.08. The Morgan fingerprint density at radius 1 is 1.24 bits per heavy atom. The fourth-order valence-electron chi connectivity index (χ4n) is 1.52. The van der Waals surface area contributed by atoms with Gasteiger partial charge in [0.05, 0.1) is 0 Å². The number of carboxylic acids is 1. The Hall–Kier alpha value is -1.10. The van der Waals surface area contributed by atoms with Crippen molar-refractivity contribution in [3.05, 3.63) is 0 Å². The molecule has 2 atom stereocenters. The van der Waals surface area contributed by atoms with E-state index in [1.165, 1.54) is 14.0 Å². The second-order valence-corrected chi connectivity index (χ2v) is 4.00. The number of esters is 1. The normalized spacial score (nSPS) is 14.1. The summed E-state index contributed by atoms with van der Waals surface area (Å²) in [5, 5.41) is 8.79. The first kappa shape index (κ1) is 15.9. The minimum Gasteiger partial charge on any atom is -0.479 e. The van der Waals surface area contributed by atoms with Crippen LogP contribution in [0.15, 0.2) is 0 Å². The maximum Gasteiger partial charge on any atom is 0.336 e. The second-order valence-electron chi connectivity index (χ2n) is 4.00. The quantitative estimate of drug-likeness (QED) is 0.497. The van der Waals surface area contributed by atoms with Gasteiger partial charge in [-0.15, -0.1) is 0 Å².